The third-order valence-electron chi connectivity index (χ3n) is 4.63. The molecule has 3 nitrogen and oxygen atoms in total. The fourth-order valence-corrected chi connectivity index (χ4v) is 3.24. The summed E-state index contributed by atoms with van der Waals surface area (Å²) in [6, 6.07) is 10.3. The first-order chi connectivity index (χ1) is 12.5. The molecule has 0 saturated carbocycles. The van der Waals surface area contributed by atoms with Gasteiger partial charge in [-0.1, -0.05) is 17.7 Å². The molecule has 1 aliphatic rings. The normalized spacial score (nSPS) is 19.6. The van der Waals surface area contributed by atoms with Crippen molar-refractivity contribution in [2.75, 3.05) is 11.9 Å². The Bertz CT molecular complexity index is 886. The largest absolute Gasteiger partial charge is 0.381 e. The molecule has 0 heterocycles. The standard InChI is InChI=1S/C20H18F3N3/c21-17-9-19(23)18(22)8-16(17)15-5-4-13(7-20(15)25)11-26-14-3-1-2-12(6-14)10-24/h1-4,6,8-9,15,20,26H,5,7,11,25H2/t15-,20+/m0/s1. The first kappa shape index (κ1) is 18.0. The molecule has 3 rings (SSSR count). The van der Waals surface area contributed by atoms with Gasteiger partial charge >= 0.3 is 0 Å². The topological polar surface area (TPSA) is 61.8 Å². The third kappa shape index (κ3) is 3.89. The van der Waals surface area contributed by atoms with Gasteiger partial charge in [0.2, 0.25) is 0 Å². The van der Waals surface area contributed by atoms with E-state index < -0.39 is 23.4 Å². The summed E-state index contributed by atoms with van der Waals surface area (Å²) in [5.74, 6) is -3.43. The molecule has 0 aliphatic heterocycles. The molecular weight excluding hydrogens is 339 g/mol. The van der Waals surface area contributed by atoms with Gasteiger partial charge in [0.25, 0.3) is 0 Å². The average Bonchev–Trinajstić information content (AvgIpc) is 2.63. The molecule has 1 aliphatic carbocycles. The van der Waals surface area contributed by atoms with Gasteiger partial charge in [0, 0.05) is 30.3 Å². The summed E-state index contributed by atoms with van der Waals surface area (Å²) in [5, 5.41) is 12.2. The van der Waals surface area contributed by atoms with Gasteiger partial charge in [0.1, 0.15) is 5.82 Å². The number of nitrogens with two attached hydrogens (primary N) is 1. The molecule has 26 heavy (non-hydrogen) atoms. The molecule has 2 aromatic carbocycles. The highest BCUT2D eigenvalue weighted by molar-refractivity contribution is 5.50. The molecule has 0 radical (unpaired) electrons. The van der Waals surface area contributed by atoms with Crippen LogP contribution in [0.1, 0.15) is 29.9 Å². The second kappa shape index (κ2) is 7.63. The van der Waals surface area contributed by atoms with E-state index in [9.17, 15) is 13.2 Å². The highest BCUT2D eigenvalue weighted by Crippen LogP contribution is 2.33. The van der Waals surface area contributed by atoms with Gasteiger partial charge in [-0.3, -0.25) is 0 Å². The lowest BCUT2D eigenvalue weighted by molar-refractivity contribution is 0.455. The Morgan fingerprint density at radius 2 is 1.88 bits per heavy atom. The quantitative estimate of drug-likeness (QED) is 0.636. The number of nitriles is 1. The van der Waals surface area contributed by atoms with Gasteiger partial charge < -0.3 is 11.1 Å². The summed E-state index contributed by atoms with van der Waals surface area (Å²) in [4.78, 5) is 0. The predicted octanol–water partition coefficient (Wildman–Crippen LogP) is 4.22. The van der Waals surface area contributed by atoms with Crippen molar-refractivity contribution in [3.8, 4) is 6.07 Å². The Labute approximate surface area is 149 Å². The van der Waals surface area contributed by atoms with Crippen molar-refractivity contribution in [3.05, 3.63) is 76.6 Å². The van der Waals surface area contributed by atoms with E-state index in [0.29, 0.717) is 31.0 Å². The maximum absolute atomic E-state index is 14.0. The highest BCUT2D eigenvalue weighted by atomic mass is 19.2. The van der Waals surface area contributed by atoms with Crippen LogP contribution < -0.4 is 11.1 Å². The smallest absolute Gasteiger partial charge is 0.161 e. The van der Waals surface area contributed by atoms with Crippen molar-refractivity contribution in [3.63, 3.8) is 0 Å². The Morgan fingerprint density at radius 1 is 1.12 bits per heavy atom. The van der Waals surface area contributed by atoms with E-state index in [2.05, 4.69) is 11.4 Å². The van der Waals surface area contributed by atoms with Gasteiger partial charge in [0.05, 0.1) is 11.6 Å². The monoisotopic (exact) mass is 357 g/mol. The predicted molar refractivity (Wildman–Crippen MR) is 94.0 cm³/mol. The molecule has 0 aromatic heterocycles. The number of nitrogens with zero attached hydrogens (tertiary/aromatic N) is 1. The second-order valence-corrected chi connectivity index (χ2v) is 6.41. The second-order valence-electron chi connectivity index (χ2n) is 6.41. The van der Waals surface area contributed by atoms with Crippen LogP contribution in [0.4, 0.5) is 18.9 Å². The number of hydrogen-bond donors (Lipinski definition) is 2. The molecule has 0 amide bonds. The van der Waals surface area contributed by atoms with Crippen LogP contribution in [-0.4, -0.2) is 12.6 Å². The minimum Gasteiger partial charge on any atom is -0.381 e. The van der Waals surface area contributed by atoms with Crippen LogP contribution in [0, 0.1) is 28.8 Å². The van der Waals surface area contributed by atoms with Gasteiger partial charge in [-0.15, -0.1) is 0 Å². The molecule has 0 unspecified atom stereocenters. The van der Waals surface area contributed by atoms with Gasteiger partial charge in [-0.25, -0.2) is 13.2 Å². The third-order valence-corrected chi connectivity index (χ3v) is 4.63. The van der Waals surface area contributed by atoms with E-state index >= 15 is 0 Å². The fraction of sp³-hybridized carbons (Fsp3) is 0.250. The van der Waals surface area contributed by atoms with Crippen LogP contribution in [0.2, 0.25) is 0 Å². The first-order valence-electron chi connectivity index (χ1n) is 8.30. The van der Waals surface area contributed by atoms with Crippen LogP contribution in [0.15, 0.2) is 48.0 Å². The lowest BCUT2D eigenvalue weighted by atomic mass is 9.80. The Kier molecular flexibility index (Phi) is 5.29. The van der Waals surface area contributed by atoms with Gasteiger partial charge in [0.15, 0.2) is 11.6 Å². The highest BCUT2D eigenvalue weighted by Gasteiger charge is 2.27. The number of rotatable bonds is 4. The van der Waals surface area contributed by atoms with Gasteiger partial charge in [-0.05, 0) is 42.7 Å². The summed E-state index contributed by atoms with van der Waals surface area (Å²) >= 11 is 0. The molecule has 2 atom stereocenters. The lowest BCUT2D eigenvalue weighted by Crippen LogP contribution is -2.33. The number of anilines is 1. The molecule has 134 valence electrons. The van der Waals surface area contributed by atoms with E-state index in [1.54, 1.807) is 18.2 Å². The van der Waals surface area contributed by atoms with Crippen LogP contribution in [-0.2, 0) is 0 Å². The lowest BCUT2D eigenvalue weighted by Gasteiger charge is -2.29. The minimum absolute atomic E-state index is 0.112. The number of halogens is 3. The van der Waals surface area contributed by atoms with Crippen LogP contribution in [0.5, 0.6) is 0 Å². The Morgan fingerprint density at radius 3 is 2.62 bits per heavy atom. The molecular formula is C20H18F3N3. The van der Waals surface area contributed by atoms with E-state index in [1.807, 2.05) is 12.1 Å². The van der Waals surface area contributed by atoms with Crippen molar-refractivity contribution in [1.82, 2.24) is 0 Å². The van der Waals surface area contributed by atoms with Crippen LogP contribution in [0.25, 0.3) is 0 Å². The van der Waals surface area contributed by atoms with E-state index in [0.717, 1.165) is 17.3 Å². The van der Waals surface area contributed by atoms with E-state index in [-0.39, 0.29) is 11.6 Å². The SMILES string of the molecule is N#Cc1cccc(NCC2=CC[C@@H](c3cc(F)c(F)cc3F)[C@H](N)C2)c1. The Balaban J connectivity index is 1.69. The first-order valence-corrected chi connectivity index (χ1v) is 8.30. The molecule has 6 heteroatoms. The summed E-state index contributed by atoms with van der Waals surface area (Å²) in [6.45, 7) is 0.551. The number of benzene rings is 2. The number of allylic oxidation sites excluding steroid dienone is 1. The average molecular weight is 357 g/mol. The summed E-state index contributed by atoms with van der Waals surface area (Å²) in [7, 11) is 0. The van der Waals surface area contributed by atoms with Crippen LogP contribution >= 0.6 is 0 Å². The van der Waals surface area contributed by atoms with Crippen molar-refractivity contribution < 1.29 is 13.2 Å². The molecule has 3 N–H and O–H groups in total. The summed E-state index contributed by atoms with van der Waals surface area (Å²) < 4.78 is 40.6. The van der Waals surface area contributed by atoms with Gasteiger partial charge in [-0.2, -0.15) is 5.26 Å². The van der Waals surface area contributed by atoms with E-state index in [4.69, 9.17) is 11.0 Å². The molecule has 0 saturated heterocycles. The van der Waals surface area contributed by atoms with Crippen molar-refractivity contribution >= 4 is 5.69 Å². The summed E-state index contributed by atoms with van der Waals surface area (Å²) in [6.07, 6.45) is 2.93. The zero-order valence-corrected chi connectivity index (χ0v) is 14.0. The maximum Gasteiger partial charge on any atom is 0.161 e. The minimum atomic E-state index is -1.20. The molecule has 2 aromatic rings. The fourth-order valence-electron chi connectivity index (χ4n) is 3.24. The van der Waals surface area contributed by atoms with Crippen molar-refractivity contribution in [1.29, 1.82) is 5.26 Å². The number of hydrogen-bond acceptors (Lipinski definition) is 3. The number of nitrogens with one attached hydrogen (secondary N) is 1. The molecule has 0 fully saturated rings. The van der Waals surface area contributed by atoms with Crippen molar-refractivity contribution in [2.24, 2.45) is 5.73 Å². The molecule has 0 bridgehead atoms. The zero-order valence-electron chi connectivity index (χ0n) is 14.0. The molecule has 0 spiro atoms. The van der Waals surface area contributed by atoms with E-state index in [1.165, 1.54) is 0 Å². The maximum atomic E-state index is 14.0. The van der Waals surface area contributed by atoms with Crippen molar-refractivity contribution in [2.45, 2.75) is 24.8 Å². The summed E-state index contributed by atoms with van der Waals surface area (Å²) in [5.41, 5.74) is 8.74. The van der Waals surface area contributed by atoms with Crippen LogP contribution in [0.3, 0.4) is 0 Å². The Hall–Kier alpha value is -2.78. The zero-order chi connectivity index (χ0) is 18.7.